The van der Waals surface area contributed by atoms with Crippen molar-refractivity contribution in [3.8, 4) is 0 Å². The maximum Gasteiger partial charge on any atom is 0.273 e. The van der Waals surface area contributed by atoms with Gasteiger partial charge in [0.15, 0.2) is 5.69 Å². The Morgan fingerprint density at radius 1 is 1.48 bits per heavy atom. The molecule has 0 aromatic carbocycles. The summed E-state index contributed by atoms with van der Waals surface area (Å²) >= 11 is 1.75. The molecule has 3 rings (SSSR count). The Morgan fingerprint density at radius 2 is 2.28 bits per heavy atom. The molecular formula is C17H24FN5OS. The predicted molar refractivity (Wildman–Crippen MR) is 95.4 cm³/mol. The van der Waals surface area contributed by atoms with Crippen LogP contribution in [0, 0.1) is 6.92 Å². The van der Waals surface area contributed by atoms with Crippen molar-refractivity contribution in [1.82, 2.24) is 25.2 Å². The van der Waals surface area contributed by atoms with E-state index < -0.39 is 6.17 Å². The minimum absolute atomic E-state index is 0.0459. The minimum atomic E-state index is -0.821. The van der Waals surface area contributed by atoms with Crippen LogP contribution in [0.2, 0.25) is 0 Å². The number of nitrogens with one attached hydrogen (secondary N) is 1. The molecule has 3 heterocycles. The van der Waals surface area contributed by atoms with Crippen molar-refractivity contribution in [2.45, 2.75) is 58.5 Å². The first-order chi connectivity index (χ1) is 11.9. The van der Waals surface area contributed by atoms with Crippen LogP contribution in [0.25, 0.3) is 0 Å². The van der Waals surface area contributed by atoms with Crippen molar-refractivity contribution >= 4 is 17.2 Å². The van der Waals surface area contributed by atoms with Crippen LogP contribution in [0.1, 0.15) is 40.5 Å². The third-order valence-electron chi connectivity index (χ3n) is 4.22. The SMILES string of the molecule is Cc1ccc(CN2C[C@@H](F)C[C@H]2Cn2cc(C(=O)NC(C)C)nn2)s1. The molecule has 6 nitrogen and oxygen atoms in total. The molecule has 1 aliphatic heterocycles. The maximum absolute atomic E-state index is 14.0. The molecule has 25 heavy (non-hydrogen) atoms. The van der Waals surface area contributed by atoms with Crippen LogP contribution in [-0.4, -0.2) is 50.6 Å². The number of carbonyl (C=O) groups excluding carboxylic acids is 1. The van der Waals surface area contributed by atoms with E-state index in [2.05, 4.69) is 39.6 Å². The summed E-state index contributed by atoms with van der Waals surface area (Å²) in [7, 11) is 0. The summed E-state index contributed by atoms with van der Waals surface area (Å²) < 4.78 is 15.6. The number of amides is 1. The lowest BCUT2D eigenvalue weighted by molar-refractivity contribution is 0.0938. The van der Waals surface area contributed by atoms with E-state index in [1.165, 1.54) is 9.75 Å². The van der Waals surface area contributed by atoms with Gasteiger partial charge in [0.25, 0.3) is 5.91 Å². The Kier molecular flexibility index (Phi) is 5.48. The fourth-order valence-corrected chi connectivity index (χ4v) is 4.04. The highest BCUT2D eigenvalue weighted by Crippen LogP contribution is 2.26. The van der Waals surface area contributed by atoms with Crippen LogP contribution in [0.3, 0.4) is 0 Å². The molecule has 0 spiro atoms. The van der Waals surface area contributed by atoms with Crippen molar-refractivity contribution < 1.29 is 9.18 Å². The summed E-state index contributed by atoms with van der Waals surface area (Å²) in [4.78, 5) is 16.6. The lowest BCUT2D eigenvalue weighted by atomic mass is 10.2. The monoisotopic (exact) mass is 365 g/mol. The number of alkyl halides is 1. The summed E-state index contributed by atoms with van der Waals surface area (Å²) in [6, 6.07) is 4.30. The number of likely N-dealkylation sites (tertiary alicyclic amines) is 1. The van der Waals surface area contributed by atoms with E-state index in [4.69, 9.17) is 0 Å². The fraction of sp³-hybridized carbons (Fsp3) is 0.588. The maximum atomic E-state index is 14.0. The van der Waals surface area contributed by atoms with E-state index in [1.807, 2.05) is 13.8 Å². The van der Waals surface area contributed by atoms with Crippen molar-refractivity contribution in [2.24, 2.45) is 0 Å². The number of aromatic nitrogens is 3. The Labute approximate surface area is 151 Å². The number of thiophene rings is 1. The van der Waals surface area contributed by atoms with Gasteiger partial charge in [-0.1, -0.05) is 5.21 Å². The normalized spacial score (nSPS) is 21.2. The van der Waals surface area contributed by atoms with Gasteiger partial charge in [0.2, 0.25) is 0 Å². The molecule has 2 atom stereocenters. The Hall–Kier alpha value is -1.80. The predicted octanol–water partition coefficient (Wildman–Crippen LogP) is 2.40. The van der Waals surface area contributed by atoms with Gasteiger partial charge < -0.3 is 5.32 Å². The van der Waals surface area contributed by atoms with Gasteiger partial charge >= 0.3 is 0 Å². The van der Waals surface area contributed by atoms with Crippen LogP contribution in [-0.2, 0) is 13.1 Å². The number of rotatable bonds is 6. The lowest BCUT2D eigenvalue weighted by Gasteiger charge is -2.23. The summed E-state index contributed by atoms with van der Waals surface area (Å²) in [5.74, 6) is -0.234. The van der Waals surface area contributed by atoms with Crippen molar-refractivity contribution in [2.75, 3.05) is 6.54 Å². The fourth-order valence-electron chi connectivity index (χ4n) is 3.12. The van der Waals surface area contributed by atoms with E-state index in [0.717, 1.165) is 6.54 Å². The Morgan fingerprint density at radius 3 is 2.96 bits per heavy atom. The van der Waals surface area contributed by atoms with E-state index in [-0.39, 0.29) is 18.0 Å². The highest BCUT2D eigenvalue weighted by atomic mass is 32.1. The van der Waals surface area contributed by atoms with Gasteiger partial charge in [-0.05, 0) is 39.3 Å². The molecule has 1 saturated heterocycles. The molecule has 1 aliphatic rings. The molecule has 0 aliphatic carbocycles. The zero-order chi connectivity index (χ0) is 18.0. The van der Waals surface area contributed by atoms with Crippen LogP contribution in [0.4, 0.5) is 4.39 Å². The lowest BCUT2D eigenvalue weighted by Crippen LogP contribution is -2.32. The number of carbonyl (C=O) groups is 1. The van der Waals surface area contributed by atoms with E-state index in [1.54, 1.807) is 22.2 Å². The topological polar surface area (TPSA) is 63.1 Å². The molecule has 0 radical (unpaired) electrons. The largest absolute Gasteiger partial charge is 0.348 e. The zero-order valence-corrected chi connectivity index (χ0v) is 15.6. The first kappa shape index (κ1) is 18.0. The highest BCUT2D eigenvalue weighted by molar-refractivity contribution is 7.11. The van der Waals surface area contributed by atoms with Gasteiger partial charge in [-0.2, -0.15) is 0 Å². The molecular weight excluding hydrogens is 341 g/mol. The van der Waals surface area contributed by atoms with Crippen molar-refractivity contribution in [3.63, 3.8) is 0 Å². The van der Waals surface area contributed by atoms with Crippen LogP contribution < -0.4 is 5.32 Å². The molecule has 0 saturated carbocycles. The van der Waals surface area contributed by atoms with Crippen molar-refractivity contribution in [1.29, 1.82) is 0 Å². The number of hydrogen-bond donors (Lipinski definition) is 1. The van der Waals surface area contributed by atoms with Gasteiger partial charge in [0.1, 0.15) is 6.17 Å². The first-order valence-corrected chi connectivity index (χ1v) is 9.37. The number of hydrogen-bond acceptors (Lipinski definition) is 5. The molecule has 8 heteroatoms. The third-order valence-corrected chi connectivity index (χ3v) is 5.21. The average molecular weight is 365 g/mol. The summed E-state index contributed by atoms with van der Waals surface area (Å²) in [5.41, 5.74) is 0.295. The zero-order valence-electron chi connectivity index (χ0n) is 14.8. The third kappa shape index (κ3) is 4.64. The summed E-state index contributed by atoms with van der Waals surface area (Å²) in [6.45, 7) is 7.59. The number of aryl methyl sites for hydroxylation is 1. The standard InChI is InChI=1S/C17H24FN5OS/c1-11(2)19-17(24)16-10-23(21-20-16)8-14-6-13(18)7-22(14)9-15-5-4-12(3)25-15/h4-5,10-11,13-14H,6-9H2,1-3H3,(H,19,24)/t13-,14-/m0/s1. The molecule has 1 N–H and O–H groups in total. The number of halogens is 1. The Balaban J connectivity index is 1.64. The van der Waals surface area contributed by atoms with Gasteiger partial charge in [-0.15, -0.1) is 16.4 Å². The molecule has 1 fully saturated rings. The molecule has 0 bridgehead atoms. The van der Waals surface area contributed by atoms with Gasteiger partial charge in [-0.25, -0.2) is 4.39 Å². The van der Waals surface area contributed by atoms with Crippen molar-refractivity contribution in [3.05, 3.63) is 33.8 Å². The number of nitrogens with zero attached hydrogens (tertiary/aromatic N) is 4. The second-order valence-electron chi connectivity index (χ2n) is 6.88. The first-order valence-electron chi connectivity index (χ1n) is 8.55. The molecule has 2 aromatic rings. The van der Waals surface area contributed by atoms with E-state index in [9.17, 15) is 9.18 Å². The highest BCUT2D eigenvalue weighted by Gasteiger charge is 2.32. The Bertz CT molecular complexity index is 728. The second kappa shape index (κ2) is 7.61. The van der Waals surface area contributed by atoms with E-state index >= 15 is 0 Å². The second-order valence-corrected chi connectivity index (χ2v) is 8.26. The molecule has 0 unspecified atom stereocenters. The molecule has 2 aromatic heterocycles. The van der Waals surface area contributed by atoms with Gasteiger partial charge in [0.05, 0.1) is 12.7 Å². The van der Waals surface area contributed by atoms with E-state index in [0.29, 0.717) is 25.2 Å². The van der Waals surface area contributed by atoms with Gasteiger partial charge in [-0.3, -0.25) is 14.4 Å². The average Bonchev–Trinajstić information content (AvgIpc) is 3.21. The van der Waals surface area contributed by atoms with Crippen LogP contribution >= 0.6 is 11.3 Å². The minimum Gasteiger partial charge on any atom is -0.348 e. The summed E-state index contributed by atoms with van der Waals surface area (Å²) in [6.07, 6.45) is 1.30. The molecule has 1 amide bonds. The quantitative estimate of drug-likeness (QED) is 0.854. The van der Waals surface area contributed by atoms with Crippen LogP contribution in [0.15, 0.2) is 18.3 Å². The summed E-state index contributed by atoms with van der Waals surface area (Å²) in [5, 5.41) is 10.8. The smallest absolute Gasteiger partial charge is 0.273 e. The van der Waals surface area contributed by atoms with Crippen LogP contribution in [0.5, 0.6) is 0 Å². The molecule has 136 valence electrons. The van der Waals surface area contributed by atoms with Gasteiger partial charge in [0, 0.05) is 34.9 Å².